The first kappa shape index (κ1) is 37.4. The lowest BCUT2D eigenvalue weighted by molar-refractivity contribution is -0.135. The first-order valence-electron chi connectivity index (χ1n) is 18.0. The zero-order chi connectivity index (χ0) is 37.0. The summed E-state index contributed by atoms with van der Waals surface area (Å²) in [4.78, 5) is 56.9. The van der Waals surface area contributed by atoms with Crippen LogP contribution in [0.4, 0.5) is 10.6 Å². The Morgan fingerprint density at radius 3 is 2.50 bits per heavy atom. The molecule has 1 aromatic carbocycles. The van der Waals surface area contributed by atoms with Crippen molar-refractivity contribution in [2.45, 2.75) is 72.6 Å². The number of rotatable bonds is 10. The van der Waals surface area contributed by atoms with Gasteiger partial charge in [-0.1, -0.05) is 39.0 Å². The summed E-state index contributed by atoms with van der Waals surface area (Å²) in [6, 6.07) is 7.31. The standard InChI is InChI=1S/C38H50N8O5S/c1-37(2,3)13-12-25(47)10-11-30(41-36(49)51-38(4,5)6)35(48)46-16-14-44(15-17-46)24-26-22-31-32(52-26)34(45-18-20-50-21-19-45)42-33(40-31)27-8-7-9-29-28(27)23-39-43-29/h7-9,12-13,22-23,30H,10-11,14-21,24H2,1-6H3,(H,39,43)(H,41,49)/t30-/m0/s1. The Bertz CT molecular complexity index is 1930. The number of carbonyl (C=O) groups is 3. The molecule has 278 valence electrons. The number of ketones is 1. The molecular formula is C38H50N8O5S. The summed E-state index contributed by atoms with van der Waals surface area (Å²) in [5, 5.41) is 11.0. The van der Waals surface area contributed by atoms with Gasteiger partial charge in [0.25, 0.3) is 0 Å². The molecule has 2 fully saturated rings. The maximum absolute atomic E-state index is 13.8. The number of ether oxygens (including phenoxy) is 2. The van der Waals surface area contributed by atoms with Gasteiger partial charge in [0.15, 0.2) is 17.4 Å². The van der Waals surface area contributed by atoms with Crippen LogP contribution in [0.15, 0.2) is 42.6 Å². The SMILES string of the molecule is CC(C)(C)C=CC(=O)CC[C@H](NC(=O)OC(C)(C)C)C(=O)N1CCN(Cc2cc3nc(-c4cccc5[nH]ncc45)nc(N4CCOCC4)c3s2)CC1. The predicted molar refractivity (Wildman–Crippen MR) is 203 cm³/mol. The maximum atomic E-state index is 13.8. The average Bonchev–Trinajstić information content (AvgIpc) is 3.75. The van der Waals surface area contributed by atoms with E-state index in [0.717, 1.165) is 45.6 Å². The number of carbonyl (C=O) groups excluding carboxylic acids is 3. The summed E-state index contributed by atoms with van der Waals surface area (Å²) in [5.41, 5.74) is 1.92. The van der Waals surface area contributed by atoms with Crippen LogP contribution in [0.25, 0.3) is 32.5 Å². The Hall–Kier alpha value is -4.40. The molecule has 1 atom stereocenters. The van der Waals surface area contributed by atoms with Gasteiger partial charge in [-0.2, -0.15) is 5.10 Å². The number of nitrogens with zero attached hydrogens (tertiary/aromatic N) is 6. The second kappa shape index (κ2) is 15.7. The van der Waals surface area contributed by atoms with E-state index in [9.17, 15) is 14.4 Å². The molecule has 2 aliphatic heterocycles. The Morgan fingerprint density at radius 1 is 1.04 bits per heavy atom. The van der Waals surface area contributed by atoms with Crippen molar-refractivity contribution in [3.05, 3.63) is 47.5 Å². The topological polar surface area (TPSA) is 146 Å². The van der Waals surface area contributed by atoms with E-state index >= 15 is 0 Å². The molecule has 0 aliphatic carbocycles. The van der Waals surface area contributed by atoms with Crippen molar-refractivity contribution in [1.29, 1.82) is 0 Å². The molecule has 5 heterocycles. The van der Waals surface area contributed by atoms with Crippen LogP contribution in [0.3, 0.4) is 0 Å². The second-order valence-corrected chi connectivity index (χ2v) is 16.7. The molecule has 0 saturated carbocycles. The van der Waals surface area contributed by atoms with Crippen LogP contribution in [-0.2, 0) is 25.6 Å². The quantitative estimate of drug-likeness (QED) is 0.199. The van der Waals surface area contributed by atoms with Crippen LogP contribution in [-0.4, -0.2) is 112 Å². The smallest absolute Gasteiger partial charge is 0.408 e. The van der Waals surface area contributed by atoms with Crippen LogP contribution in [0.5, 0.6) is 0 Å². The lowest BCUT2D eigenvalue weighted by atomic mass is 9.95. The third-order valence-corrected chi connectivity index (χ3v) is 10.0. The summed E-state index contributed by atoms with van der Waals surface area (Å²) in [5.74, 6) is 1.30. The van der Waals surface area contributed by atoms with Crippen LogP contribution in [0.2, 0.25) is 0 Å². The van der Waals surface area contributed by atoms with Gasteiger partial charge in [0.2, 0.25) is 5.91 Å². The minimum atomic E-state index is -0.866. The van der Waals surface area contributed by atoms with Crippen molar-refractivity contribution < 1.29 is 23.9 Å². The zero-order valence-corrected chi connectivity index (χ0v) is 31.8. The van der Waals surface area contributed by atoms with Gasteiger partial charge in [0.1, 0.15) is 11.6 Å². The fourth-order valence-electron chi connectivity index (χ4n) is 6.30. The van der Waals surface area contributed by atoms with Crippen molar-refractivity contribution in [2.75, 3.05) is 57.4 Å². The molecule has 2 aliphatic rings. The van der Waals surface area contributed by atoms with E-state index in [-0.39, 0.29) is 29.9 Å². The minimum absolute atomic E-state index is 0.0843. The molecule has 14 heteroatoms. The molecule has 2 N–H and O–H groups in total. The highest BCUT2D eigenvalue weighted by Crippen LogP contribution is 2.36. The third-order valence-electron chi connectivity index (χ3n) is 8.94. The third kappa shape index (κ3) is 9.52. The van der Waals surface area contributed by atoms with Crippen molar-refractivity contribution >= 4 is 56.1 Å². The van der Waals surface area contributed by atoms with Crippen LogP contribution in [0.1, 0.15) is 59.3 Å². The summed E-state index contributed by atoms with van der Waals surface area (Å²) >= 11 is 1.71. The van der Waals surface area contributed by atoms with E-state index in [1.165, 1.54) is 4.88 Å². The van der Waals surface area contributed by atoms with Gasteiger partial charge in [-0.15, -0.1) is 11.3 Å². The van der Waals surface area contributed by atoms with Gasteiger partial charge in [-0.25, -0.2) is 14.8 Å². The first-order valence-corrected chi connectivity index (χ1v) is 18.8. The van der Waals surface area contributed by atoms with Crippen molar-refractivity contribution in [3.8, 4) is 11.4 Å². The Morgan fingerprint density at radius 2 is 1.79 bits per heavy atom. The number of hydrogen-bond donors (Lipinski definition) is 2. The number of hydrogen-bond acceptors (Lipinski definition) is 11. The molecule has 52 heavy (non-hydrogen) atoms. The number of fused-ring (bicyclic) bond motifs is 2. The highest BCUT2D eigenvalue weighted by Gasteiger charge is 2.31. The van der Waals surface area contributed by atoms with Gasteiger partial charge in [-0.3, -0.25) is 19.6 Å². The molecule has 0 bridgehead atoms. The number of alkyl carbamates (subject to hydrolysis) is 1. The molecular weight excluding hydrogens is 681 g/mol. The van der Waals surface area contributed by atoms with Gasteiger partial charge in [0, 0.05) is 68.1 Å². The normalized spacial score (nSPS) is 16.9. The maximum Gasteiger partial charge on any atom is 0.408 e. The number of allylic oxidation sites excluding steroid dienone is 2. The van der Waals surface area contributed by atoms with Crippen molar-refractivity contribution in [3.63, 3.8) is 0 Å². The van der Waals surface area contributed by atoms with Gasteiger partial charge < -0.3 is 24.6 Å². The van der Waals surface area contributed by atoms with E-state index in [4.69, 9.17) is 19.4 Å². The van der Waals surface area contributed by atoms with E-state index in [0.29, 0.717) is 51.8 Å². The highest BCUT2D eigenvalue weighted by molar-refractivity contribution is 7.19. The van der Waals surface area contributed by atoms with Crippen molar-refractivity contribution in [2.24, 2.45) is 5.41 Å². The number of anilines is 1. The predicted octanol–water partition coefficient (Wildman–Crippen LogP) is 5.56. The number of morpholine rings is 1. The number of aromatic nitrogens is 4. The number of piperazine rings is 1. The Kier molecular flexibility index (Phi) is 11.3. The number of H-pyrrole nitrogens is 1. The first-order chi connectivity index (χ1) is 24.7. The molecule has 0 unspecified atom stereocenters. The van der Waals surface area contributed by atoms with Crippen molar-refractivity contribution in [1.82, 2.24) is 35.3 Å². The number of thiophene rings is 1. The van der Waals surface area contributed by atoms with Gasteiger partial charge in [-0.05, 0) is 50.8 Å². The lowest BCUT2D eigenvalue weighted by Gasteiger charge is -2.36. The summed E-state index contributed by atoms with van der Waals surface area (Å²) < 4.78 is 12.2. The largest absolute Gasteiger partial charge is 0.444 e. The fourth-order valence-corrected chi connectivity index (χ4v) is 7.46. The van der Waals surface area contributed by atoms with E-state index in [1.54, 1.807) is 43.1 Å². The van der Waals surface area contributed by atoms with E-state index in [2.05, 4.69) is 31.4 Å². The van der Waals surface area contributed by atoms with E-state index < -0.39 is 17.7 Å². The average molecular weight is 731 g/mol. The number of amides is 2. The highest BCUT2D eigenvalue weighted by atomic mass is 32.1. The lowest BCUT2D eigenvalue weighted by Crippen LogP contribution is -2.55. The van der Waals surface area contributed by atoms with Crippen LogP contribution in [0, 0.1) is 5.41 Å². The monoisotopic (exact) mass is 730 g/mol. The molecule has 2 amide bonds. The fraction of sp³-hybridized carbons (Fsp3) is 0.526. The molecule has 2 saturated heterocycles. The molecule has 0 spiro atoms. The number of aromatic amines is 1. The van der Waals surface area contributed by atoms with Gasteiger partial charge in [0.05, 0.1) is 35.1 Å². The summed E-state index contributed by atoms with van der Waals surface area (Å²) in [6.07, 6.45) is 4.90. The Balaban J connectivity index is 1.15. The molecule has 3 aromatic heterocycles. The molecule has 13 nitrogen and oxygen atoms in total. The van der Waals surface area contributed by atoms with Crippen LogP contribution < -0.4 is 10.2 Å². The van der Waals surface area contributed by atoms with E-state index in [1.807, 2.05) is 51.2 Å². The summed E-state index contributed by atoms with van der Waals surface area (Å²) in [6.45, 7) is 17.3. The zero-order valence-electron chi connectivity index (χ0n) is 31.0. The molecule has 6 rings (SSSR count). The van der Waals surface area contributed by atoms with Gasteiger partial charge >= 0.3 is 6.09 Å². The molecule has 0 radical (unpaired) electrons. The molecule has 4 aromatic rings. The number of benzene rings is 1. The van der Waals surface area contributed by atoms with Crippen LogP contribution >= 0.6 is 11.3 Å². The summed E-state index contributed by atoms with van der Waals surface area (Å²) in [7, 11) is 0. The number of nitrogens with one attached hydrogen (secondary N) is 2. The minimum Gasteiger partial charge on any atom is -0.444 e. The second-order valence-electron chi connectivity index (χ2n) is 15.5. The Labute approximate surface area is 308 Å².